The third kappa shape index (κ3) is 4.22. The lowest BCUT2D eigenvalue weighted by atomic mass is 10.1. The lowest BCUT2D eigenvalue weighted by Gasteiger charge is -2.20. The molecule has 0 atom stereocenters. The van der Waals surface area contributed by atoms with E-state index in [1.807, 2.05) is 30.3 Å². The molecule has 6 heteroatoms. The minimum Gasteiger partial charge on any atom is -0.486 e. The number of likely N-dealkylation sites (tertiary alicyclic amines) is 1. The van der Waals surface area contributed by atoms with E-state index in [0.717, 1.165) is 38.2 Å². The van der Waals surface area contributed by atoms with Gasteiger partial charge in [-0.1, -0.05) is 30.4 Å². The van der Waals surface area contributed by atoms with E-state index in [2.05, 4.69) is 42.8 Å². The Morgan fingerprint density at radius 2 is 1.80 bits per heavy atom. The van der Waals surface area contributed by atoms with Crippen molar-refractivity contribution < 1.29 is 4.74 Å². The number of ether oxygens (including phenoxy) is 1. The van der Waals surface area contributed by atoms with Crippen molar-refractivity contribution in [2.75, 3.05) is 13.1 Å². The first-order chi connectivity index (χ1) is 12.1. The van der Waals surface area contributed by atoms with E-state index < -0.39 is 0 Å². The smallest absolute Gasteiger partial charge is 0.148 e. The van der Waals surface area contributed by atoms with Crippen molar-refractivity contribution >= 4 is 49.1 Å². The second kappa shape index (κ2) is 8.31. The van der Waals surface area contributed by atoms with Crippen LogP contribution in [0.4, 0.5) is 0 Å². The van der Waals surface area contributed by atoms with Crippen LogP contribution in [0, 0.1) is 11.3 Å². The zero-order chi connectivity index (χ0) is 17.8. The van der Waals surface area contributed by atoms with Crippen molar-refractivity contribution in [3.05, 3.63) is 62.0 Å². The van der Waals surface area contributed by atoms with Gasteiger partial charge in [0.15, 0.2) is 0 Å². The molecule has 25 heavy (non-hydrogen) atoms. The Labute approximate surface area is 169 Å². The minimum absolute atomic E-state index is 0.330. The van der Waals surface area contributed by atoms with Gasteiger partial charge in [0, 0.05) is 24.2 Å². The summed E-state index contributed by atoms with van der Waals surface area (Å²) in [4.78, 5) is 3.12. The van der Waals surface area contributed by atoms with Gasteiger partial charge < -0.3 is 9.64 Å². The maximum Gasteiger partial charge on any atom is 0.148 e. The van der Waals surface area contributed by atoms with E-state index in [9.17, 15) is 5.26 Å². The first kappa shape index (κ1) is 18.4. The van der Waals surface area contributed by atoms with Gasteiger partial charge >= 0.3 is 0 Å². The average molecular weight is 480 g/mol. The third-order valence-corrected chi connectivity index (χ3v) is 5.82. The van der Waals surface area contributed by atoms with E-state index in [1.54, 1.807) is 6.07 Å². The van der Waals surface area contributed by atoms with Crippen LogP contribution in [0.15, 0.2) is 45.3 Å². The summed E-state index contributed by atoms with van der Waals surface area (Å²) in [6.45, 7) is 2.38. The van der Waals surface area contributed by atoms with Gasteiger partial charge in [-0.2, -0.15) is 5.26 Å². The maximum absolute atomic E-state index is 9.18. The normalized spacial score (nSPS) is 13.6. The second-order valence-electron chi connectivity index (χ2n) is 5.83. The van der Waals surface area contributed by atoms with E-state index in [4.69, 9.17) is 17.0 Å². The number of benzene rings is 2. The second-order valence-corrected chi connectivity index (χ2v) is 7.92. The number of nitriles is 1. The van der Waals surface area contributed by atoms with Crippen molar-refractivity contribution in [2.45, 2.75) is 19.4 Å². The molecule has 128 valence electrons. The molecule has 1 fully saturated rings. The van der Waals surface area contributed by atoms with Crippen molar-refractivity contribution in [1.82, 2.24) is 4.90 Å². The van der Waals surface area contributed by atoms with Crippen LogP contribution >= 0.6 is 44.1 Å². The molecule has 0 bridgehead atoms. The molecule has 1 saturated heterocycles. The zero-order valence-corrected chi connectivity index (χ0v) is 17.5. The molecule has 2 aromatic rings. The van der Waals surface area contributed by atoms with Crippen molar-refractivity contribution in [2.24, 2.45) is 0 Å². The van der Waals surface area contributed by atoms with Crippen molar-refractivity contribution in [1.29, 1.82) is 5.26 Å². The summed E-state index contributed by atoms with van der Waals surface area (Å²) in [6, 6.07) is 13.6. The highest BCUT2D eigenvalue weighted by Crippen LogP contribution is 2.36. The molecular weight excluding hydrogens is 464 g/mol. The highest BCUT2D eigenvalue weighted by molar-refractivity contribution is 9.11. The van der Waals surface area contributed by atoms with Crippen LogP contribution in [0.5, 0.6) is 5.75 Å². The quantitative estimate of drug-likeness (QED) is 0.547. The molecule has 3 rings (SSSR count). The number of rotatable bonds is 4. The molecule has 1 heterocycles. The van der Waals surface area contributed by atoms with Gasteiger partial charge in [-0.3, -0.25) is 0 Å². The van der Waals surface area contributed by atoms with E-state index >= 15 is 0 Å². The minimum atomic E-state index is 0.330. The molecule has 0 aromatic heterocycles. The first-order valence-electron chi connectivity index (χ1n) is 7.99. The third-order valence-electron chi connectivity index (χ3n) is 4.15. The molecule has 0 radical (unpaired) electrons. The van der Waals surface area contributed by atoms with Crippen LogP contribution in [0.25, 0.3) is 0 Å². The highest BCUT2D eigenvalue weighted by Gasteiger charge is 2.19. The summed E-state index contributed by atoms with van der Waals surface area (Å²) in [5.41, 5.74) is 2.49. The number of halogens is 2. The van der Waals surface area contributed by atoms with Gasteiger partial charge in [0.05, 0.1) is 20.6 Å². The SMILES string of the molecule is N#Cc1ccccc1COc1c(Br)cc(C(=S)N2CCCC2)cc1Br. The van der Waals surface area contributed by atoms with Crippen LogP contribution in [-0.4, -0.2) is 23.0 Å². The van der Waals surface area contributed by atoms with Gasteiger partial charge in [0.2, 0.25) is 0 Å². The summed E-state index contributed by atoms with van der Waals surface area (Å²) in [7, 11) is 0. The molecule has 0 saturated carbocycles. The van der Waals surface area contributed by atoms with Crippen LogP contribution in [-0.2, 0) is 6.61 Å². The van der Waals surface area contributed by atoms with Crippen LogP contribution in [0.3, 0.4) is 0 Å². The predicted molar refractivity (Wildman–Crippen MR) is 110 cm³/mol. The maximum atomic E-state index is 9.18. The number of hydrogen-bond acceptors (Lipinski definition) is 3. The van der Waals surface area contributed by atoms with Crippen LogP contribution in [0.1, 0.15) is 29.5 Å². The predicted octanol–water partition coefficient (Wildman–Crippen LogP) is 5.43. The van der Waals surface area contributed by atoms with Crippen LogP contribution in [0.2, 0.25) is 0 Å². The lowest BCUT2D eigenvalue weighted by Crippen LogP contribution is -2.26. The van der Waals surface area contributed by atoms with Crippen molar-refractivity contribution in [3.8, 4) is 11.8 Å². The number of hydrogen-bond donors (Lipinski definition) is 0. The molecule has 0 spiro atoms. The van der Waals surface area contributed by atoms with Gasteiger partial charge in [-0.05, 0) is 62.9 Å². The van der Waals surface area contributed by atoms with Gasteiger partial charge in [0.1, 0.15) is 17.3 Å². The molecule has 2 aromatic carbocycles. The Morgan fingerprint density at radius 3 is 2.44 bits per heavy atom. The zero-order valence-electron chi connectivity index (χ0n) is 13.5. The molecule has 1 aliphatic heterocycles. The molecule has 0 N–H and O–H groups in total. The summed E-state index contributed by atoms with van der Waals surface area (Å²) in [5, 5.41) is 9.18. The standard InChI is InChI=1S/C19H16Br2N2OS/c20-16-9-15(19(25)23-7-3-4-8-23)10-17(21)18(16)24-12-14-6-2-1-5-13(14)11-22/h1-2,5-6,9-10H,3-4,7-8,12H2. The Kier molecular flexibility index (Phi) is 6.10. The summed E-state index contributed by atoms with van der Waals surface area (Å²) < 4.78 is 7.64. The Balaban J connectivity index is 1.78. The van der Waals surface area contributed by atoms with Gasteiger partial charge in [0.25, 0.3) is 0 Å². The highest BCUT2D eigenvalue weighted by atomic mass is 79.9. The number of nitrogens with zero attached hydrogens (tertiary/aromatic N) is 2. The van der Waals surface area contributed by atoms with E-state index in [-0.39, 0.29) is 0 Å². The summed E-state index contributed by atoms with van der Waals surface area (Å²) in [6.07, 6.45) is 2.39. The largest absolute Gasteiger partial charge is 0.486 e. The molecular formula is C19H16Br2N2OS. The average Bonchev–Trinajstić information content (AvgIpc) is 3.15. The molecule has 0 unspecified atom stereocenters. The Hall–Kier alpha value is -1.42. The Morgan fingerprint density at radius 1 is 1.16 bits per heavy atom. The lowest BCUT2D eigenvalue weighted by molar-refractivity contribution is 0.302. The van der Waals surface area contributed by atoms with E-state index in [1.165, 1.54) is 12.8 Å². The first-order valence-corrected chi connectivity index (χ1v) is 9.98. The van der Waals surface area contributed by atoms with Crippen molar-refractivity contribution in [3.63, 3.8) is 0 Å². The fourth-order valence-corrected chi connectivity index (χ4v) is 4.55. The summed E-state index contributed by atoms with van der Waals surface area (Å²) in [5.74, 6) is 0.709. The van der Waals surface area contributed by atoms with Gasteiger partial charge in [-0.15, -0.1) is 0 Å². The van der Waals surface area contributed by atoms with Crippen LogP contribution < -0.4 is 4.74 Å². The fourth-order valence-electron chi connectivity index (χ4n) is 2.83. The monoisotopic (exact) mass is 478 g/mol. The Bertz CT molecular complexity index is 819. The molecule has 1 aliphatic rings. The molecule has 0 aliphatic carbocycles. The van der Waals surface area contributed by atoms with E-state index in [0.29, 0.717) is 17.9 Å². The summed E-state index contributed by atoms with van der Waals surface area (Å²) >= 11 is 12.8. The van der Waals surface area contributed by atoms with Gasteiger partial charge in [-0.25, -0.2) is 0 Å². The molecule has 0 amide bonds. The fraction of sp³-hybridized carbons (Fsp3) is 0.263. The topological polar surface area (TPSA) is 36.3 Å². The number of thiocarbonyl (C=S) groups is 1. The molecule has 3 nitrogen and oxygen atoms in total.